The molecule has 0 amide bonds. The van der Waals surface area contributed by atoms with Gasteiger partial charge in [-0.25, -0.2) is 22.0 Å². The van der Waals surface area contributed by atoms with E-state index in [0.29, 0.717) is 0 Å². The Balaban J connectivity index is 0.00000225. The molecule has 10 heteroatoms. The summed E-state index contributed by atoms with van der Waals surface area (Å²) in [4.78, 5) is -2.26. The lowest BCUT2D eigenvalue weighted by Gasteiger charge is -2.04. The molecule has 0 aromatic heterocycles. The first-order valence-electron chi connectivity index (χ1n) is 3.16. The van der Waals surface area contributed by atoms with E-state index >= 15 is 0 Å². The van der Waals surface area contributed by atoms with Gasteiger partial charge in [-0.3, -0.25) is 4.55 Å². The van der Waals surface area contributed by atoms with Crippen LogP contribution in [0, 0.1) is 29.1 Å². The maximum atomic E-state index is 12.6. The number of benzene rings is 1. The predicted octanol–water partition coefficient (Wildman–Crippen LogP) is 0.804. The third-order valence-electron chi connectivity index (χ3n) is 1.43. The Kier molecular flexibility index (Phi) is 3.97. The van der Waals surface area contributed by atoms with Crippen molar-refractivity contribution < 1.29 is 40.4 Å². The van der Waals surface area contributed by atoms with Crippen molar-refractivity contribution >= 4 is 10.1 Å². The van der Waals surface area contributed by atoms with Crippen molar-refractivity contribution in [1.82, 2.24) is 0 Å². The molecular weight excluding hydrogens is 263 g/mol. The van der Waals surface area contributed by atoms with Gasteiger partial charge in [0.2, 0.25) is 5.82 Å². The molecule has 0 saturated heterocycles. The van der Waals surface area contributed by atoms with Gasteiger partial charge in [0.25, 0.3) is 0 Å². The second-order valence-corrected chi connectivity index (χ2v) is 3.73. The van der Waals surface area contributed by atoms with Crippen molar-refractivity contribution in [2.24, 2.45) is 0 Å². The summed E-state index contributed by atoms with van der Waals surface area (Å²) in [5, 5.41) is 0. The minimum atomic E-state index is -5.52. The first kappa shape index (κ1) is 14.7. The van der Waals surface area contributed by atoms with E-state index < -0.39 is 44.1 Å². The van der Waals surface area contributed by atoms with Gasteiger partial charge in [0.05, 0.1) is 0 Å². The van der Waals surface area contributed by atoms with Crippen LogP contribution in [-0.4, -0.2) is 18.4 Å². The van der Waals surface area contributed by atoms with Crippen molar-refractivity contribution in [3.8, 4) is 0 Å². The molecule has 4 nitrogen and oxygen atoms in total. The molecule has 0 bridgehead atoms. The molecule has 0 spiro atoms. The second-order valence-electron chi connectivity index (χ2n) is 2.37. The molecule has 1 rings (SSSR count). The van der Waals surface area contributed by atoms with E-state index in [0.717, 1.165) is 0 Å². The molecule has 1 aromatic carbocycles. The van der Waals surface area contributed by atoms with Crippen molar-refractivity contribution in [2.45, 2.75) is 4.90 Å². The highest BCUT2D eigenvalue weighted by molar-refractivity contribution is 7.85. The molecule has 0 fully saturated rings. The van der Waals surface area contributed by atoms with Gasteiger partial charge in [-0.1, -0.05) is 0 Å². The van der Waals surface area contributed by atoms with Gasteiger partial charge >= 0.3 is 10.1 Å². The molecule has 0 atom stereocenters. The van der Waals surface area contributed by atoms with Crippen LogP contribution in [0.1, 0.15) is 0 Å². The van der Waals surface area contributed by atoms with E-state index in [1.54, 1.807) is 0 Å². The molecular formula is C6H3F5O4S. The fourth-order valence-corrected chi connectivity index (χ4v) is 1.44. The lowest BCUT2D eigenvalue weighted by atomic mass is 10.3. The van der Waals surface area contributed by atoms with Crippen LogP contribution >= 0.6 is 0 Å². The Morgan fingerprint density at radius 1 is 0.750 bits per heavy atom. The maximum Gasteiger partial charge on any atom is 0.300 e. The SMILES string of the molecule is O.O=S(=O)(O)c1c(F)c(F)c(F)c(F)c1F. The number of halogens is 5. The molecule has 0 aliphatic rings. The minimum Gasteiger partial charge on any atom is -0.412 e. The Morgan fingerprint density at radius 2 is 1.00 bits per heavy atom. The zero-order chi connectivity index (χ0) is 12.0. The Bertz CT molecular complexity index is 497. The summed E-state index contributed by atoms with van der Waals surface area (Å²) in [5.41, 5.74) is 0. The third-order valence-corrected chi connectivity index (χ3v) is 2.30. The second kappa shape index (κ2) is 4.31. The van der Waals surface area contributed by atoms with Crippen LogP contribution in [0.2, 0.25) is 0 Å². The smallest absolute Gasteiger partial charge is 0.300 e. The van der Waals surface area contributed by atoms with Crippen LogP contribution in [-0.2, 0) is 10.1 Å². The summed E-state index contributed by atoms with van der Waals surface area (Å²) < 4.78 is 91.3. The van der Waals surface area contributed by atoms with Crippen molar-refractivity contribution in [3.63, 3.8) is 0 Å². The molecule has 16 heavy (non-hydrogen) atoms. The highest BCUT2D eigenvalue weighted by Gasteiger charge is 2.32. The largest absolute Gasteiger partial charge is 0.412 e. The maximum absolute atomic E-state index is 12.6. The van der Waals surface area contributed by atoms with Gasteiger partial charge in [-0.2, -0.15) is 8.42 Å². The minimum absolute atomic E-state index is 0. The van der Waals surface area contributed by atoms with Crippen molar-refractivity contribution in [3.05, 3.63) is 29.1 Å². The number of rotatable bonds is 1. The van der Waals surface area contributed by atoms with Gasteiger partial charge in [0, 0.05) is 0 Å². The predicted molar refractivity (Wildman–Crippen MR) is 39.7 cm³/mol. The van der Waals surface area contributed by atoms with Crippen molar-refractivity contribution in [2.75, 3.05) is 0 Å². The zero-order valence-electron chi connectivity index (χ0n) is 7.06. The Morgan fingerprint density at radius 3 is 1.25 bits per heavy atom. The van der Waals surface area contributed by atoms with Gasteiger partial charge < -0.3 is 5.48 Å². The molecule has 0 unspecified atom stereocenters. The van der Waals surface area contributed by atoms with Crippen LogP contribution in [0.4, 0.5) is 22.0 Å². The average molecular weight is 266 g/mol. The van der Waals surface area contributed by atoms with Gasteiger partial charge in [-0.15, -0.1) is 0 Å². The summed E-state index contributed by atoms with van der Waals surface area (Å²) >= 11 is 0. The van der Waals surface area contributed by atoms with Crippen molar-refractivity contribution in [1.29, 1.82) is 0 Å². The van der Waals surface area contributed by atoms with Crippen LogP contribution in [0.15, 0.2) is 4.90 Å². The number of hydrogen-bond donors (Lipinski definition) is 1. The average Bonchev–Trinajstić information content (AvgIpc) is 2.09. The lowest BCUT2D eigenvalue weighted by molar-refractivity contribution is 0.352. The van der Waals surface area contributed by atoms with E-state index in [4.69, 9.17) is 4.55 Å². The van der Waals surface area contributed by atoms with Crippen LogP contribution < -0.4 is 0 Å². The zero-order valence-corrected chi connectivity index (χ0v) is 7.88. The first-order chi connectivity index (χ1) is 6.68. The standard InChI is InChI=1S/C6HF5O3S.H2O/c7-1-2(8)4(10)6(15(12,13)14)5(11)3(1)9;/h(H,12,13,14);1H2. The molecule has 0 heterocycles. The van der Waals surface area contributed by atoms with E-state index in [1.165, 1.54) is 0 Å². The molecule has 0 radical (unpaired) electrons. The summed E-state index contributed by atoms with van der Waals surface area (Å²) in [5.74, 6) is -12.6. The molecule has 0 aliphatic carbocycles. The Labute approximate surface area is 85.4 Å². The Hall–Kier alpha value is -1.26. The van der Waals surface area contributed by atoms with Gasteiger partial charge in [0.1, 0.15) is 0 Å². The summed E-state index contributed by atoms with van der Waals surface area (Å²) in [6, 6.07) is 0. The lowest BCUT2D eigenvalue weighted by Crippen LogP contribution is -2.11. The van der Waals surface area contributed by atoms with Gasteiger partial charge in [0.15, 0.2) is 28.2 Å². The fourth-order valence-electron chi connectivity index (χ4n) is 0.811. The summed E-state index contributed by atoms with van der Waals surface area (Å²) in [7, 11) is -5.52. The molecule has 3 N–H and O–H groups in total. The van der Waals surface area contributed by atoms with Crippen LogP contribution in [0.3, 0.4) is 0 Å². The molecule has 0 aliphatic heterocycles. The highest BCUT2D eigenvalue weighted by Crippen LogP contribution is 2.26. The van der Waals surface area contributed by atoms with E-state index in [9.17, 15) is 30.4 Å². The van der Waals surface area contributed by atoms with E-state index in [-0.39, 0.29) is 5.48 Å². The fraction of sp³-hybridized carbons (Fsp3) is 0. The molecule has 0 saturated carbocycles. The highest BCUT2D eigenvalue weighted by atomic mass is 32.2. The quantitative estimate of drug-likeness (QED) is 0.353. The third kappa shape index (κ3) is 2.13. The summed E-state index contributed by atoms with van der Waals surface area (Å²) in [6.45, 7) is 0. The first-order valence-corrected chi connectivity index (χ1v) is 4.61. The van der Waals surface area contributed by atoms with Crippen LogP contribution in [0.5, 0.6) is 0 Å². The van der Waals surface area contributed by atoms with Gasteiger partial charge in [-0.05, 0) is 0 Å². The monoisotopic (exact) mass is 266 g/mol. The normalized spacial score (nSPS) is 11.1. The van der Waals surface area contributed by atoms with E-state index in [2.05, 4.69) is 0 Å². The molecule has 1 aromatic rings. The van der Waals surface area contributed by atoms with E-state index in [1.807, 2.05) is 0 Å². The topological polar surface area (TPSA) is 85.9 Å². The number of hydrogen-bond acceptors (Lipinski definition) is 2. The molecule has 92 valence electrons. The van der Waals surface area contributed by atoms with Crippen LogP contribution in [0.25, 0.3) is 0 Å². The summed E-state index contributed by atoms with van der Waals surface area (Å²) in [6.07, 6.45) is 0.